The molecule has 1 N–H and O–H groups in total. The van der Waals surface area contributed by atoms with Crippen molar-refractivity contribution in [2.45, 2.75) is 37.6 Å². The molecule has 5 heteroatoms. The van der Waals surface area contributed by atoms with Crippen LogP contribution in [-0.2, 0) is 11.3 Å². The van der Waals surface area contributed by atoms with Crippen molar-refractivity contribution in [3.05, 3.63) is 18.0 Å². The molecule has 0 saturated carbocycles. The summed E-state index contributed by atoms with van der Waals surface area (Å²) in [7, 11) is 0. The summed E-state index contributed by atoms with van der Waals surface area (Å²) in [6.07, 6.45) is 6.56. The van der Waals surface area contributed by atoms with Gasteiger partial charge in [-0.15, -0.1) is 0 Å². The number of rotatable bonds is 6. The minimum atomic E-state index is 0.394. The Hall–Kier alpha value is -0.650. The first kappa shape index (κ1) is 12.8. The van der Waals surface area contributed by atoms with E-state index in [2.05, 4.69) is 22.2 Å². The third kappa shape index (κ3) is 4.26. The van der Waals surface area contributed by atoms with Gasteiger partial charge in [0.15, 0.2) is 5.16 Å². The van der Waals surface area contributed by atoms with Crippen LogP contribution in [0.2, 0.25) is 0 Å². The third-order valence-corrected chi connectivity index (χ3v) is 3.44. The number of thioether (sulfide) groups is 1. The first-order valence-corrected chi connectivity index (χ1v) is 7.13. The molecule has 2 rings (SSSR count). The highest BCUT2D eigenvalue weighted by atomic mass is 32.2. The molecule has 1 saturated heterocycles. The summed E-state index contributed by atoms with van der Waals surface area (Å²) in [6.45, 7) is 4.76. The Morgan fingerprint density at radius 2 is 2.29 bits per heavy atom. The highest BCUT2D eigenvalue weighted by Crippen LogP contribution is 2.12. The van der Waals surface area contributed by atoms with Gasteiger partial charge in [0.2, 0.25) is 0 Å². The number of ether oxygens (including phenoxy) is 1. The average Bonchev–Trinajstić information content (AvgIpc) is 2.85. The van der Waals surface area contributed by atoms with Crippen molar-refractivity contribution >= 4 is 11.8 Å². The van der Waals surface area contributed by atoms with Crippen LogP contribution >= 0.6 is 11.8 Å². The molecule has 1 atom stereocenters. The van der Waals surface area contributed by atoms with Gasteiger partial charge in [-0.2, -0.15) is 0 Å². The lowest BCUT2D eigenvalue weighted by atomic mass is 10.2. The van der Waals surface area contributed by atoms with Gasteiger partial charge in [0.25, 0.3) is 0 Å². The number of aromatic nitrogens is 2. The lowest BCUT2D eigenvalue weighted by Gasteiger charge is -2.10. The molecular weight excluding hydrogens is 234 g/mol. The SMILES string of the molecule is CCSc1ncc(CNCC2CCCO2)cn1. The summed E-state index contributed by atoms with van der Waals surface area (Å²) in [5.41, 5.74) is 1.13. The van der Waals surface area contributed by atoms with Crippen molar-refractivity contribution in [3.8, 4) is 0 Å². The fourth-order valence-electron chi connectivity index (χ4n) is 1.82. The van der Waals surface area contributed by atoms with Crippen molar-refractivity contribution in [2.24, 2.45) is 0 Å². The van der Waals surface area contributed by atoms with E-state index in [0.717, 1.165) is 36.2 Å². The van der Waals surface area contributed by atoms with Gasteiger partial charge in [0.1, 0.15) is 0 Å². The van der Waals surface area contributed by atoms with Crippen LogP contribution in [0, 0.1) is 0 Å². The lowest BCUT2D eigenvalue weighted by molar-refractivity contribution is 0.110. The Kier molecular flexibility index (Phi) is 5.22. The van der Waals surface area contributed by atoms with Crippen molar-refractivity contribution < 1.29 is 4.74 Å². The largest absolute Gasteiger partial charge is 0.377 e. The third-order valence-electron chi connectivity index (χ3n) is 2.68. The van der Waals surface area contributed by atoms with E-state index in [-0.39, 0.29) is 0 Å². The zero-order chi connectivity index (χ0) is 11.9. The normalized spacial score (nSPS) is 19.7. The molecule has 0 amide bonds. The maximum Gasteiger partial charge on any atom is 0.187 e. The first-order valence-electron chi connectivity index (χ1n) is 6.14. The second-order valence-electron chi connectivity index (χ2n) is 4.07. The predicted molar refractivity (Wildman–Crippen MR) is 69.1 cm³/mol. The van der Waals surface area contributed by atoms with Gasteiger partial charge >= 0.3 is 0 Å². The molecule has 1 unspecified atom stereocenters. The van der Waals surface area contributed by atoms with Gasteiger partial charge in [0.05, 0.1) is 6.10 Å². The van der Waals surface area contributed by atoms with E-state index in [1.165, 1.54) is 12.8 Å². The Morgan fingerprint density at radius 3 is 2.94 bits per heavy atom. The second kappa shape index (κ2) is 6.93. The number of hydrogen-bond donors (Lipinski definition) is 1. The van der Waals surface area contributed by atoms with E-state index in [9.17, 15) is 0 Å². The molecule has 1 aliphatic heterocycles. The molecule has 0 radical (unpaired) electrons. The van der Waals surface area contributed by atoms with Crippen molar-refractivity contribution in [1.29, 1.82) is 0 Å². The summed E-state index contributed by atoms with van der Waals surface area (Å²) >= 11 is 1.67. The van der Waals surface area contributed by atoms with Crippen molar-refractivity contribution in [2.75, 3.05) is 18.9 Å². The Morgan fingerprint density at radius 1 is 1.47 bits per heavy atom. The average molecular weight is 253 g/mol. The summed E-state index contributed by atoms with van der Waals surface area (Å²) in [5.74, 6) is 1.01. The van der Waals surface area contributed by atoms with Crippen LogP contribution in [0.4, 0.5) is 0 Å². The minimum absolute atomic E-state index is 0.394. The molecule has 0 aliphatic carbocycles. The van der Waals surface area contributed by atoms with Gasteiger partial charge in [-0.1, -0.05) is 18.7 Å². The fraction of sp³-hybridized carbons (Fsp3) is 0.667. The fourth-order valence-corrected chi connectivity index (χ4v) is 2.33. The van der Waals surface area contributed by atoms with Gasteiger partial charge in [-0.05, 0) is 18.6 Å². The summed E-state index contributed by atoms with van der Waals surface area (Å²) < 4.78 is 5.54. The molecular formula is C12H19N3OS. The topological polar surface area (TPSA) is 47.0 Å². The lowest BCUT2D eigenvalue weighted by Crippen LogP contribution is -2.25. The highest BCUT2D eigenvalue weighted by molar-refractivity contribution is 7.99. The summed E-state index contributed by atoms with van der Waals surface area (Å²) in [5, 5.41) is 4.24. The van der Waals surface area contributed by atoms with Crippen LogP contribution in [-0.4, -0.2) is 35.0 Å². The van der Waals surface area contributed by atoms with Crippen molar-refractivity contribution in [1.82, 2.24) is 15.3 Å². The molecule has 1 aromatic rings. The smallest absolute Gasteiger partial charge is 0.187 e. The molecule has 94 valence electrons. The van der Waals surface area contributed by atoms with Crippen LogP contribution in [0.25, 0.3) is 0 Å². The van der Waals surface area contributed by atoms with Crippen LogP contribution in [0.1, 0.15) is 25.3 Å². The molecule has 0 aromatic carbocycles. The molecule has 0 bridgehead atoms. The maximum atomic E-state index is 5.54. The van der Waals surface area contributed by atoms with E-state index < -0.39 is 0 Å². The van der Waals surface area contributed by atoms with Crippen LogP contribution in [0.5, 0.6) is 0 Å². The number of hydrogen-bond acceptors (Lipinski definition) is 5. The number of nitrogens with one attached hydrogen (secondary N) is 1. The molecule has 4 nitrogen and oxygen atoms in total. The Bertz CT molecular complexity index is 325. The predicted octanol–water partition coefficient (Wildman–Crippen LogP) is 1.86. The molecule has 1 aromatic heterocycles. The van der Waals surface area contributed by atoms with Gasteiger partial charge < -0.3 is 10.1 Å². The van der Waals surface area contributed by atoms with E-state index in [1.54, 1.807) is 11.8 Å². The van der Waals surface area contributed by atoms with Crippen LogP contribution in [0.3, 0.4) is 0 Å². The zero-order valence-electron chi connectivity index (χ0n) is 10.2. The van der Waals surface area contributed by atoms with Crippen molar-refractivity contribution in [3.63, 3.8) is 0 Å². The van der Waals surface area contributed by atoms with E-state index in [4.69, 9.17) is 4.74 Å². The van der Waals surface area contributed by atoms with Gasteiger partial charge in [-0.3, -0.25) is 0 Å². The highest BCUT2D eigenvalue weighted by Gasteiger charge is 2.14. The first-order chi connectivity index (χ1) is 8.38. The molecule has 17 heavy (non-hydrogen) atoms. The zero-order valence-corrected chi connectivity index (χ0v) is 11.0. The van der Waals surface area contributed by atoms with Gasteiger partial charge in [0, 0.05) is 37.7 Å². The van der Waals surface area contributed by atoms with Crippen LogP contribution in [0.15, 0.2) is 17.6 Å². The standard InChI is InChI=1S/C12H19N3OS/c1-2-17-12-14-7-10(8-15-12)6-13-9-11-4-3-5-16-11/h7-8,11,13H,2-6,9H2,1H3. The van der Waals surface area contributed by atoms with Gasteiger partial charge in [-0.25, -0.2) is 9.97 Å². The van der Waals surface area contributed by atoms with E-state index in [0.29, 0.717) is 6.10 Å². The van der Waals surface area contributed by atoms with E-state index in [1.807, 2.05) is 12.4 Å². The Balaban J connectivity index is 1.70. The summed E-state index contributed by atoms with van der Waals surface area (Å²) in [6, 6.07) is 0. The Labute approximate surface area is 107 Å². The van der Waals surface area contributed by atoms with Crippen LogP contribution < -0.4 is 5.32 Å². The van der Waals surface area contributed by atoms with E-state index >= 15 is 0 Å². The number of nitrogens with zero attached hydrogens (tertiary/aromatic N) is 2. The molecule has 1 aliphatic rings. The quantitative estimate of drug-likeness (QED) is 0.619. The second-order valence-corrected chi connectivity index (χ2v) is 5.30. The minimum Gasteiger partial charge on any atom is -0.377 e. The molecule has 2 heterocycles. The summed E-state index contributed by atoms with van der Waals surface area (Å²) in [4.78, 5) is 8.60. The maximum absolute atomic E-state index is 5.54. The molecule has 1 fully saturated rings. The molecule has 0 spiro atoms. The monoisotopic (exact) mass is 253 g/mol.